The Morgan fingerprint density at radius 1 is 1.14 bits per heavy atom. The summed E-state index contributed by atoms with van der Waals surface area (Å²) >= 11 is 0. The van der Waals surface area contributed by atoms with Gasteiger partial charge in [0.2, 0.25) is 0 Å². The molecule has 0 amide bonds. The van der Waals surface area contributed by atoms with Crippen molar-refractivity contribution in [3.05, 3.63) is 71.9 Å². The number of likely N-dealkylation sites (tertiary alicyclic amines) is 1. The number of methoxy groups -OCH3 is 1. The quantitative estimate of drug-likeness (QED) is 0.349. The zero-order valence-corrected chi connectivity index (χ0v) is 21.2. The summed E-state index contributed by atoms with van der Waals surface area (Å²) in [6.45, 7) is 3.02. The number of carboxylic acid groups (broad SMARTS) is 1. The Morgan fingerprint density at radius 3 is 2.75 bits per heavy atom. The molecule has 1 fully saturated rings. The summed E-state index contributed by atoms with van der Waals surface area (Å²) in [7, 11) is 1.64. The lowest BCUT2D eigenvalue weighted by Crippen LogP contribution is -2.41. The fourth-order valence-corrected chi connectivity index (χ4v) is 5.62. The number of carbonyl (C=O) groups is 1. The van der Waals surface area contributed by atoms with E-state index >= 15 is 0 Å². The maximum Gasteiger partial charge on any atom is 0.303 e. The highest BCUT2D eigenvalue weighted by atomic mass is 16.5. The molecule has 2 heterocycles. The molecule has 2 aromatic carbocycles. The number of nitrogens with zero attached hydrogens (tertiary/aromatic N) is 2. The van der Waals surface area contributed by atoms with Crippen molar-refractivity contribution in [2.24, 2.45) is 11.8 Å². The maximum absolute atomic E-state index is 11.3. The van der Waals surface area contributed by atoms with E-state index in [1.165, 1.54) is 5.56 Å². The first-order chi connectivity index (χ1) is 17.5. The van der Waals surface area contributed by atoms with Crippen LogP contribution in [-0.4, -0.2) is 52.8 Å². The Bertz CT molecular complexity index is 1120. The molecular formula is C30H38N2O4. The van der Waals surface area contributed by atoms with Crippen molar-refractivity contribution < 1.29 is 19.7 Å². The van der Waals surface area contributed by atoms with Gasteiger partial charge in [-0.1, -0.05) is 30.3 Å². The van der Waals surface area contributed by atoms with Crippen molar-refractivity contribution in [1.29, 1.82) is 0 Å². The Morgan fingerprint density at radius 2 is 1.97 bits per heavy atom. The molecule has 1 aliphatic heterocycles. The molecule has 3 aromatic rings. The van der Waals surface area contributed by atoms with Crippen LogP contribution in [0.3, 0.4) is 0 Å². The normalized spacial score (nSPS) is 19.3. The first-order valence-corrected chi connectivity index (χ1v) is 13.1. The number of ether oxygens (including phenoxy) is 1. The lowest BCUT2D eigenvalue weighted by Gasteiger charge is -2.39. The average Bonchev–Trinajstić information content (AvgIpc) is 2.91. The van der Waals surface area contributed by atoms with Gasteiger partial charge in [-0.15, -0.1) is 0 Å². The summed E-state index contributed by atoms with van der Waals surface area (Å²) in [4.78, 5) is 18.2. The van der Waals surface area contributed by atoms with Gasteiger partial charge >= 0.3 is 5.97 Å². The second kappa shape index (κ2) is 12.8. The number of fused-ring (bicyclic) bond motifs is 1. The predicted octanol–water partition coefficient (Wildman–Crippen LogP) is 5.49. The molecule has 36 heavy (non-hydrogen) atoms. The van der Waals surface area contributed by atoms with E-state index in [2.05, 4.69) is 34.1 Å². The molecule has 0 radical (unpaired) electrons. The predicted molar refractivity (Wildman–Crippen MR) is 142 cm³/mol. The number of carboxylic acids is 1. The van der Waals surface area contributed by atoms with Crippen molar-refractivity contribution in [3.8, 4) is 5.75 Å². The van der Waals surface area contributed by atoms with E-state index in [1.54, 1.807) is 13.3 Å². The number of pyridine rings is 1. The van der Waals surface area contributed by atoms with Crippen LogP contribution in [0.2, 0.25) is 0 Å². The number of aromatic nitrogens is 1. The molecule has 0 saturated carbocycles. The molecule has 1 saturated heterocycles. The maximum atomic E-state index is 11.3. The summed E-state index contributed by atoms with van der Waals surface area (Å²) in [6, 6.07) is 18.2. The minimum Gasteiger partial charge on any atom is -0.497 e. The molecule has 4 rings (SSSR count). The third-order valence-corrected chi connectivity index (χ3v) is 7.64. The number of piperidine rings is 1. The van der Waals surface area contributed by atoms with Gasteiger partial charge in [-0.3, -0.25) is 9.78 Å². The fraction of sp³-hybridized carbons (Fsp3) is 0.467. The van der Waals surface area contributed by atoms with Crippen molar-refractivity contribution in [2.45, 2.75) is 51.0 Å². The highest BCUT2D eigenvalue weighted by Crippen LogP contribution is 2.35. The van der Waals surface area contributed by atoms with Crippen molar-refractivity contribution in [2.75, 3.05) is 26.7 Å². The Labute approximate surface area is 213 Å². The Balaban J connectivity index is 1.35. The van der Waals surface area contributed by atoms with Crippen molar-refractivity contribution >= 4 is 16.9 Å². The van der Waals surface area contributed by atoms with Gasteiger partial charge in [0.25, 0.3) is 0 Å². The third kappa shape index (κ3) is 7.05. The number of aliphatic carboxylic acids is 1. The van der Waals surface area contributed by atoms with Crippen molar-refractivity contribution in [3.63, 3.8) is 0 Å². The zero-order chi connectivity index (χ0) is 25.3. The molecule has 0 spiro atoms. The van der Waals surface area contributed by atoms with Gasteiger partial charge in [0.05, 0.1) is 18.7 Å². The summed E-state index contributed by atoms with van der Waals surface area (Å²) < 4.78 is 5.37. The molecule has 6 nitrogen and oxygen atoms in total. The number of aliphatic hydroxyl groups excluding tert-OH is 1. The zero-order valence-electron chi connectivity index (χ0n) is 21.2. The number of aliphatic hydroxyl groups is 1. The standard InChI is InChI=1S/C30H38N2O4/c1-36-25-11-12-28-27(20-25)26(15-17-31-28)29(33)13-9-23-16-19-32(21-24(23)10-14-30(34)35)18-5-8-22-6-3-2-4-7-22/h2-4,6-7,11-12,15,17,20,23-24,29,33H,5,8-10,13-14,16,18-19,21H2,1H3,(H,34,35)/t23-,24-,29-/m1/s1. The topological polar surface area (TPSA) is 82.9 Å². The van der Waals surface area contributed by atoms with Gasteiger partial charge in [-0.25, -0.2) is 0 Å². The monoisotopic (exact) mass is 490 g/mol. The summed E-state index contributed by atoms with van der Waals surface area (Å²) in [5, 5.41) is 21.3. The van der Waals surface area contributed by atoms with Crippen LogP contribution in [-0.2, 0) is 11.2 Å². The molecular weight excluding hydrogens is 452 g/mol. The molecule has 2 N–H and O–H groups in total. The molecule has 0 aliphatic carbocycles. The first kappa shape index (κ1) is 26.1. The van der Waals surface area contributed by atoms with E-state index < -0.39 is 12.1 Å². The van der Waals surface area contributed by atoms with Crippen LogP contribution in [0, 0.1) is 11.8 Å². The van der Waals surface area contributed by atoms with Crippen molar-refractivity contribution in [1.82, 2.24) is 9.88 Å². The number of benzene rings is 2. The summed E-state index contributed by atoms with van der Waals surface area (Å²) in [5.74, 6) is 0.782. The minimum absolute atomic E-state index is 0.205. The van der Waals surface area contributed by atoms with Crippen LogP contribution < -0.4 is 4.74 Å². The van der Waals surface area contributed by atoms with Crippen LogP contribution in [0.1, 0.15) is 55.8 Å². The SMILES string of the molecule is COc1ccc2nccc([C@H](O)CC[C@@H]3CCN(CCCc4ccccc4)C[C@H]3CCC(=O)O)c2c1. The minimum atomic E-state index is -0.729. The number of aryl methyl sites for hydroxylation is 1. The van der Waals surface area contributed by atoms with Gasteiger partial charge in [-0.05, 0) is 98.8 Å². The van der Waals surface area contributed by atoms with E-state index in [0.29, 0.717) is 24.7 Å². The Hall–Kier alpha value is -2.96. The molecule has 192 valence electrons. The van der Waals surface area contributed by atoms with Crippen LogP contribution in [0.4, 0.5) is 0 Å². The smallest absolute Gasteiger partial charge is 0.303 e. The third-order valence-electron chi connectivity index (χ3n) is 7.64. The second-order valence-electron chi connectivity index (χ2n) is 10.0. The van der Waals surface area contributed by atoms with Crippen LogP contribution >= 0.6 is 0 Å². The van der Waals surface area contributed by atoms with Gasteiger partial charge < -0.3 is 19.8 Å². The fourth-order valence-electron chi connectivity index (χ4n) is 5.62. The van der Waals surface area contributed by atoms with E-state index in [4.69, 9.17) is 4.74 Å². The molecule has 0 unspecified atom stereocenters. The summed E-state index contributed by atoms with van der Waals surface area (Å²) in [6.07, 6.45) is 6.82. The van der Waals surface area contributed by atoms with E-state index in [0.717, 1.165) is 67.5 Å². The number of rotatable bonds is 12. The highest BCUT2D eigenvalue weighted by molar-refractivity contribution is 5.83. The van der Waals surface area contributed by atoms with Gasteiger partial charge in [-0.2, -0.15) is 0 Å². The molecule has 0 bridgehead atoms. The van der Waals surface area contributed by atoms with E-state index in [9.17, 15) is 15.0 Å². The molecule has 1 aliphatic rings. The summed E-state index contributed by atoms with van der Waals surface area (Å²) in [5.41, 5.74) is 3.08. The second-order valence-corrected chi connectivity index (χ2v) is 10.0. The molecule has 1 aromatic heterocycles. The number of hydrogen-bond donors (Lipinski definition) is 2. The lowest BCUT2D eigenvalue weighted by molar-refractivity contribution is -0.137. The van der Waals surface area contributed by atoms with Crippen LogP contribution in [0.25, 0.3) is 10.9 Å². The van der Waals surface area contributed by atoms with Gasteiger partial charge in [0.15, 0.2) is 0 Å². The Kier molecular flexibility index (Phi) is 9.31. The van der Waals surface area contributed by atoms with Gasteiger partial charge in [0.1, 0.15) is 5.75 Å². The van der Waals surface area contributed by atoms with E-state index in [1.807, 2.05) is 30.3 Å². The van der Waals surface area contributed by atoms with Crippen LogP contribution in [0.15, 0.2) is 60.8 Å². The average molecular weight is 491 g/mol. The highest BCUT2D eigenvalue weighted by Gasteiger charge is 2.30. The van der Waals surface area contributed by atoms with Gasteiger partial charge in [0, 0.05) is 24.5 Å². The largest absolute Gasteiger partial charge is 0.497 e. The van der Waals surface area contributed by atoms with Crippen LogP contribution in [0.5, 0.6) is 5.75 Å². The first-order valence-electron chi connectivity index (χ1n) is 13.1. The van der Waals surface area contributed by atoms with E-state index in [-0.39, 0.29) is 6.42 Å². The number of hydrogen-bond acceptors (Lipinski definition) is 5. The molecule has 3 atom stereocenters. The lowest BCUT2D eigenvalue weighted by atomic mass is 9.79. The molecule has 6 heteroatoms.